The first-order chi connectivity index (χ1) is 7.06. The summed E-state index contributed by atoms with van der Waals surface area (Å²) in [7, 11) is 0. The van der Waals surface area contributed by atoms with E-state index in [4.69, 9.17) is 10.2 Å². The molecule has 0 aromatic carbocycles. The molecule has 7 heteroatoms. The highest BCUT2D eigenvalue weighted by Gasteiger charge is 2.54. The van der Waals surface area contributed by atoms with Gasteiger partial charge >= 0.3 is 6.16 Å². The molecule has 1 fully saturated rings. The van der Waals surface area contributed by atoms with E-state index in [1.165, 1.54) is 16.7 Å². The lowest BCUT2D eigenvalue weighted by molar-refractivity contribution is -0.151. The van der Waals surface area contributed by atoms with Crippen LogP contribution in [0.15, 0.2) is 10.8 Å². The quantitative estimate of drug-likeness (QED) is 0.528. The van der Waals surface area contributed by atoms with E-state index in [0.717, 1.165) is 0 Å². The third-order valence-electron chi connectivity index (χ3n) is 2.35. The molecular formula is C8H9NO5S. The average molecular weight is 231 g/mol. The molecule has 2 heterocycles. The number of nitrogens with zero attached hydrogens (tertiary/aromatic N) is 1. The predicted molar refractivity (Wildman–Crippen MR) is 50.6 cm³/mol. The van der Waals surface area contributed by atoms with Crippen LogP contribution >= 0.6 is 11.8 Å². The van der Waals surface area contributed by atoms with Crippen molar-refractivity contribution in [1.82, 2.24) is 4.90 Å². The van der Waals surface area contributed by atoms with Crippen LogP contribution in [0.4, 0.5) is 4.79 Å². The van der Waals surface area contributed by atoms with Crippen molar-refractivity contribution >= 4 is 23.8 Å². The number of rotatable bonds is 2. The minimum absolute atomic E-state index is 0.0761. The fourth-order valence-corrected chi connectivity index (χ4v) is 2.92. The van der Waals surface area contributed by atoms with Crippen molar-refractivity contribution in [3.63, 3.8) is 0 Å². The van der Waals surface area contributed by atoms with Gasteiger partial charge in [-0.25, -0.2) is 4.79 Å². The Morgan fingerprint density at radius 2 is 2.33 bits per heavy atom. The molecular weight excluding hydrogens is 222 g/mol. The van der Waals surface area contributed by atoms with E-state index in [-0.39, 0.29) is 23.8 Å². The van der Waals surface area contributed by atoms with Crippen LogP contribution in [0.2, 0.25) is 0 Å². The van der Waals surface area contributed by atoms with Crippen LogP contribution in [0, 0.1) is 5.92 Å². The number of carboxylic acid groups (broad SMARTS) is 1. The van der Waals surface area contributed by atoms with Crippen LogP contribution in [0.25, 0.3) is 0 Å². The molecule has 0 aromatic rings. The molecule has 1 unspecified atom stereocenters. The Balaban J connectivity index is 2.17. The Labute approximate surface area is 89.5 Å². The average Bonchev–Trinajstić information content (AvgIpc) is 2.40. The molecule has 1 saturated heterocycles. The Kier molecular flexibility index (Phi) is 2.35. The Morgan fingerprint density at radius 1 is 1.67 bits per heavy atom. The first-order valence-corrected chi connectivity index (χ1v) is 5.16. The third kappa shape index (κ3) is 1.38. The number of allylic oxidation sites excluding steroid dienone is 1. The van der Waals surface area contributed by atoms with Gasteiger partial charge in [-0.05, 0) is 6.92 Å². The molecule has 0 aliphatic carbocycles. The second-order valence-corrected chi connectivity index (χ2v) is 4.57. The summed E-state index contributed by atoms with van der Waals surface area (Å²) in [6.07, 6.45) is -1.44. The number of ether oxygens (including phenoxy) is 1. The van der Waals surface area contributed by atoms with Crippen LogP contribution in [-0.2, 0) is 9.53 Å². The van der Waals surface area contributed by atoms with Crippen molar-refractivity contribution in [3.05, 3.63) is 10.8 Å². The first kappa shape index (κ1) is 10.3. The molecule has 0 saturated carbocycles. The maximum atomic E-state index is 11.5. The number of aliphatic hydroxyl groups is 1. The molecule has 15 heavy (non-hydrogen) atoms. The molecule has 0 radical (unpaired) electrons. The number of carbonyl (C=O) groups is 2. The zero-order chi connectivity index (χ0) is 11.2. The van der Waals surface area contributed by atoms with E-state index in [2.05, 4.69) is 4.74 Å². The number of hydrogen-bond donors (Lipinski definition) is 2. The standard InChI is InChI=1S/C8H9NO5S/c1-3-6(14-8(12)13)9-5(11)4(2-10)7(9)15-3/h4,7,10H,2H2,1H3,(H,12,13)/t4?,7-/m0/s1. The SMILES string of the molecule is CC1=C(OC(=O)O)N2C(=O)C(CO)[C@@H]2S1. The molecule has 0 bridgehead atoms. The minimum Gasteiger partial charge on any atom is -0.449 e. The van der Waals surface area contributed by atoms with E-state index in [1.54, 1.807) is 6.92 Å². The molecule has 2 atom stereocenters. The van der Waals surface area contributed by atoms with Crippen LogP contribution in [0.3, 0.4) is 0 Å². The van der Waals surface area contributed by atoms with Crippen LogP contribution < -0.4 is 0 Å². The summed E-state index contributed by atoms with van der Waals surface area (Å²) in [4.78, 5) is 23.8. The molecule has 2 rings (SSSR count). The predicted octanol–water partition coefficient (Wildman–Crippen LogP) is 0.394. The highest BCUT2D eigenvalue weighted by Crippen LogP contribution is 2.48. The molecule has 0 aromatic heterocycles. The summed E-state index contributed by atoms with van der Waals surface area (Å²) < 4.78 is 4.52. The van der Waals surface area contributed by atoms with Crippen molar-refractivity contribution in [3.8, 4) is 0 Å². The van der Waals surface area contributed by atoms with E-state index in [9.17, 15) is 9.59 Å². The Morgan fingerprint density at radius 3 is 2.87 bits per heavy atom. The van der Waals surface area contributed by atoms with Crippen LogP contribution in [-0.4, -0.2) is 39.2 Å². The smallest absolute Gasteiger partial charge is 0.449 e. The van der Waals surface area contributed by atoms with Gasteiger partial charge in [-0.3, -0.25) is 9.69 Å². The second-order valence-electron chi connectivity index (χ2n) is 3.24. The summed E-state index contributed by atoms with van der Waals surface area (Å²) in [6, 6.07) is 0. The highest BCUT2D eigenvalue weighted by molar-refractivity contribution is 8.04. The lowest BCUT2D eigenvalue weighted by Gasteiger charge is -2.40. The fraction of sp³-hybridized carbons (Fsp3) is 0.500. The van der Waals surface area contributed by atoms with Gasteiger partial charge in [-0.15, -0.1) is 0 Å². The summed E-state index contributed by atoms with van der Waals surface area (Å²) in [5, 5.41) is 17.2. The minimum atomic E-state index is -1.44. The maximum absolute atomic E-state index is 11.5. The molecule has 6 nitrogen and oxygen atoms in total. The Hall–Kier alpha value is -1.21. The van der Waals surface area contributed by atoms with E-state index < -0.39 is 12.1 Å². The molecule has 82 valence electrons. The number of β-lactam (4-membered cyclic amide) rings is 1. The van der Waals surface area contributed by atoms with E-state index in [1.807, 2.05) is 0 Å². The van der Waals surface area contributed by atoms with Crippen molar-refractivity contribution in [1.29, 1.82) is 0 Å². The summed E-state index contributed by atoms with van der Waals surface area (Å²) >= 11 is 1.34. The third-order valence-corrected chi connectivity index (χ3v) is 3.66. The zero-order valence-corrected chi connectivity index (χ0v) is 8.65. The largest absolute Gasteiger partial charge is 0.512 e. The van der Waals surface area contributed by atoms with Crippen molar-refractivity contribution in [2.75, 3.05) is 6.61 Å². The fourth-order valence-electron chi connectivity index (χ4n) is 1.65. The first-order valence-electron chi connectivity index (χ1n) is 4.28. The number of fused-ring (bicyclic) bond motifs is 1. The molecule has 2 aliphatic heterocycles. The maximum Gasteiger partial charge on any atom is 0.512 e. The molecule has 0 spiro atoms. The zero-order valence-electron chi connectivity index (χ0n) is 7.84. The van der Waals surface area contributed by atoms with E-state index in [0.29, 0.717) is 4.91 Å². The van der Waals surface area contributed by atoms with Gasteiger partial charge in [0.2, 0.25) is 11.8 Å². The van der Waals surface area contributed by atoms with Gasteiger partial charge in [-0.2, -0.15) is 0 Å². The van der Waals surface area contributed by atoms with Gasteiger partial charge in [-0.1, -0.05) is 11.8 Å². The molecule has 1 amide bonds. The summed E-state index contributed by atoms with van der Waals surface area (Å²) in [5.41, 5.74) is 0. The number of amides is 1. The number of hydrogen-bond acceptors (Lipinski definition) is 5. The van der Waals surface area contributed by atoms with Gasteiger partial charge < -0.3 is 14.9 Å². The molecule has 2 N–H and O–H groups in total. The van der Waals surface area contributed by atoms with Gasteiger partial charge in [0.05, 0.1) is 12.5 Å². The number of thioether (sulfide) groups is 1. The van der Waals surface area contributed by atoms with Crippen molar-refractivity contribution in [2.24, 2.45) is 5.92 Å². The Bertz CT molecular complexity index is 366. The monoisotopic (exact) mass is 231 g/mol. The van der Waals surface area contributed by atoms with Gasteiger partial charge in [0.15, 0.2) is 0 Å². The van der Waals surface area contributed by atoms with Crippen LogP contribution in [0.1, 0.15) is 6.92 Å². The highest BCUT2D eigenvalue weighted by atomic mass is 32.2. The summed E-state index contributed by atoms with van der Waals surface area (Å²) in [5.74, 6) is -0.657. The van der Waals surface area contributed by atoms with Gasteiger partial charge in [0, 0.05) is 4.91 Å². The second kappa shape index (κ2) is 3.42. The van der Waals surface area contributed by atoms with Gasteiger partial charge in [0.25, 0.3) is 0 Å². The normalized spacial score (nSPS) is 28.9. The van der Waals surface area contributed by atoms with E-state index >= 15 is 0 Å². The van der Waals surface area contributed by atoms with Crippen molar-refractivity contribution < 1.29 is 24.5 Å². The topological polar surface area (TPSA) is 87.1 Å². The number of aliphatic hydroxyl groups excluding tert-OH is 1. The van der Waals surface area contributed by atoms with Crippen LogP contribution in [0.5, 0.6) is 0 Å². The van der Waals surface area contributed by atoms with Crippen molar-refractivity contribution in [2.45, 2.75) is 12.3 Å². The summed E-state index contributed by atoms with van der Waals surface area (Å²) in [6.45, 7) is 1.46. The van der Waals surface area contributed by atoms with Gasteiger partial charge in [0.1, 0.15) is 5.37 Å². The number of carbonyl (C=O) groups excluding carboxylic acids is 1. The lowest BCUT2D eigenvalue weighted by Crippen LogP contribution is -2.58. The lowest BCUT2D eigenvalue weighted by atomic mass is 10.00. The molecule has 2 aliphatic rings.